The number of methoxy groups -OCH3 is 1. The third-order valence-electron chi connectivity index (χ3n) is 3.56. The molecule has 2 rings (SSSR count). The van der Waals surface area contributed by atoms with Gasteiger partial charge >= 0.3 is 0 Å². The van der Waals surface area contributed by atoms with Gasteiger partial charge in [0.25, 0.3) is 0 Å². The van der Waals surface area contributed by atoms with Crippen molar-refractivity contribution in [1.29, 1.82) is 0 Å². The van der Waals surface area contributed by atoms with Crippen LogP contribution in [0.2, 0.25) is 0 Å². The van der Waals surface area contributed by atoms with Gasteiger partial charge in [0.2, 0.25) is 5.91 Å². The van der Waals surface area contributed by atoms with Crippen molar-refractivity contribution in [3.63, 3.8) is 0 Å². The Labute approximate surface area is 131 Å². The van der Waals surface area contributed by atoms with Crippen LogP contribution in [0.1, 0.15) is 31.7 Å². The van der Waals surface area contributed by atoms with E-state index in [4.69, 9.17) is 4.74 Å². The summed E-state index contributed by atoms with van der Waals surface area (Å²) in [6, 6.07) is 8.38. The predicted octanol–water partition coefficient (Wildman–Crippen LogP) is 2.66. The van der Waals surface area contributed by atoms with E-state index in [1.807, 2.05) is 36.1 Å². The van der Waals surface area contributed by atoms with E-state index < -0.39 is 0 Å². The first-order valence-corrected chi connectivity index (χ1v) is 8.31. The molecule has 0 aromatic heterocycles. The maximum atomic E-state index is 12.4. The molecule has 1 saturated heterocycles. The molecule has 1 aliphatic heterocycles. The second-order valence-electron chi connectivity index (χ2n) is 5.51. The van der Waals surface area contributed by atoms with Crippen LogP contribution in [0.4, 0.5) is 0 Å². The number of thioether (sulfide) groups is 1. The number of ether oxygens (including phenoxy) is 1. The Hall–Kier alpha value is -1.20. The molecule has 1 aliphatic rings. The average Bonchev–Trinajstić information content (AvgIpc) is 2.75. The fraction of sp³-hybridized carbons (Fsp3) is 0.562. The van der Waals surface area contributed by atoms with Gasteiger partial charge in [0, 0.05) is 24.7 Å². The number of carbonyl (C=O) groups is 1. The molecular weight excluding hydrogens is 284 g/mol. The smallest absolute Gasteiger partial charge is 0.236 e. The van der Waals surface area contributed by atoms with E-state index in [-0.39, 0.29) is 16.5 Å². The molecular formula is C16H24N2O2S. The lowest BCUT2D eigenvalue weighted by Gasteiger charge is -2.26. The number of nitrogens with one attached hydrogen (secondary N) is 1. The SMILES string of the molecule is COc1ccccc1C1SC(C)C(=O)N1CCNC(C)C. The molecule has 0 radical (unpaired) electrons. The highest BCUT2D eigenvalue weighted by Gasteiger charge is 2.39. The lowest BCUT2D eigenvalue weighted by atomic mass is 10.1. The van der Waals surface area contributed by atoms with E-state index in [0.717, 1.165) is 24.4 Å². The molecule has 1 aromatic carbocycles. The summed E-state index contributed by atoms with van der Waals surface area (Å²) in [4.78, 5) is 14.4. The molecule has 1 fully saturated rings. The molecule has 0 spiro atoms. The van der Waals surface area contributed by atoms with Crippen molar-refractivity contribution in [2.24, 2.45) is 0 Å². The first kappa shape index (κ1) is 16.2. The van der Waals surface area contributed by atoms with E-state index in [1.54, 1.807) is 18.9 Å². The molecule has 116 valence electrons. The highest BCUT2D eigenvalue weighted by molar-refractivity contribution is 8.01. The van der Waals surface area contributed by atoms with Crippen molar-refractivity contribution in [1.82, 2.24) is 10.2 Å². The van der Waals surface area contributed by atoms with Gasteiger partial charge in [-0.15, -0.1) is 11.8 Å². The quantitative estimate of drug-likeness (QED) is 0.877. The Morgan fingerprint density at radius 2 is 2.10 bits per heavy atom. The predicted molar refractivity (Wildman–Crippen MR) is 87.6 cm³/mol. The summed E-state index contributed by atoms with van der Waals surface area (Å²) in [6.45, 7) is 7.73. The normalized spacial score (nSPS) is 22.1. The van der Waals surface area contributed by atoms with E-state index >= 15 is 0 Å². The molecule has 1 amide bonds. The van der Waals surface area contributed by atoms with Gasteiger partial charge in [-0.2, -0.15) is 0 Å². The summed E-state index contributed by atoms with van der Waals surface area (Å²) < 4.78 is 5.45. The number of carbonyl (C=O) groups excluding carboxylic acids is 1. The monoisotopic (exact) mass is 308 g/mol. The van der Waals surface area contributed by atoms with Crippen molar-refractivity contribution in [3.05, 3.63) is 29.8 Å². The van der Waals surface area contributed by atoms with Crippen LogP contribution in [0.25, 0.3) is 0 Å². The van der Waals surface area contributed by atoms with Gasteiger partial charge in [0.05, 0.1) is 12.4 Å². The molecule has 1 N–H and O–H groups in total. The fourth-order valence-corrected chi connectivity index (χ4v) is 3.82. The van der Waals surface area contributed by atoms with E-state index in [0.29, 0.717) is 6.04 Å². The van der Waals surface area contributed by atoms with Crippen LogP contribution < -0.4 is 10.1 Å². The minimum absolute atomic E-state index is 0.000961. The van der Waals surface area contributed by atoms with Gasteiger partial charge in [-0.1, -0.05) is 32.0 Å². The Balaban J connectivity index is 2.17. The molecule has 21 heavy (non-hydrogen) atoms. The number of benzene rings is 1. The Morgan fingerprint density at radius 3 is 2.76 bits per heavy atom. The molecule has 0 saturated carbocycles. The molecule has 4 nitrogen and oxygen atoms in total. The second-order valence-corrected chi connectivity index (χ2v) is 6.94. The summed E-state index contributed by atoms with van der Waals surface area (Å²) in [6.07, 6.45) is 0. The van der Waals surface area contributed by atoms with Crippen LogP contribution in [0.3, 0.4) is 0 Å². The highest BCUT2D eigenvalue weighted by atomic mass is 32.2. The summed E-state index contributed by atoms with van der Waals surface area (Å²) in [5.41, 5.74) is 1.08. The average molecular weight is 308 g/mol. The van der Waals surface area contributed by atoms with Crippen LogP contribution in [0, 0.1) is 0 Å². The Morgan fingerprint density at radius 1 is 1.38 bits per heavy atom. The molecule has 2 unspecified atom stereocenters. The van der Waals surface area contributed by atoms with Crippen molar-refractivity contribution >= 4 is 17.7 Å². The Kier molecular flexibility index (Phi) is 5.53. The third kappa shape index (κ3) is 3.71. The van der Waals surface area contributed by atoms with E-state index in [9.17, 15) is 4.79 Å². The first-order chi connectivity index (χ1) is 10.0. The number of para-hydroxylation sites is 1. The zero-order chi connectivity index (χ0) is 15.4. The molecule has 1 heterocycles. The zero-order valence-corrected chi connectivity index (χ0v) is 13.9. The second kappa shape index (κ2) is 7.18. The van der Waals surface area contributed by atoms with Crippen LogP contribution in [-0.2, 0) is 4.79 Å². The molecule has 2 atom stereocenters. The maximum absolute atomic E-state index is 12.4. The van der Waals surface area contributed by atoms with Gasteiger partial charge < -0.3 is 15.0 Å². The van der Waals surface area contributed by atoms with Gasteiger partial charge in [0.15, 0.2) is 0 Å². The van der Waals surface area contributed by atoms with Crippen molar-refractivity contribution < 1.29 is 9.53 Å². The standard InChI is InChI=1S/C16H24N2O2S/c1-11(2)17-9-10-18-15(19)12(3)21-16(18)13-7-5-6-8-14(13)20-4/h5-8,11-12,16-17H,9-10H2,1-4H3. The number of hydrogen-bond donors (Lipinski definition) is 1. The molecule has 5 heteroatoms. The lowest BCUT2D eigenvalue weighted by molar-refractivity contribution is -0.129. The van der Waals surface area contributed by atoms with Gasteiger partial charge in [-0.05, 0) is 13.0 Å². The van der Waals surface area contributed by atoms with Gasteiger partial charge in [-0.25, -0.2) is 0 Å². The van der Waals surface area contributed by atoms with Gasteiger partial charge in [-0.3, -0.25) is 4.79 Å². The number of amides is 1. The largest absolute Gasteiger partial charge is 0.496 e. The molecule has 1 aromatic rings. The third-order valence-corrected chi connectivity index (χ3v) is 4.93. The zero-order valence-electron chi connectivity index (χ0n) is 13.1. The topological polar surface area (TPSA) is 41.6 Å². The molecule has 0 bridgehead atoms. The maximum Gasteiger partial charge on any atom is 0.236 e. The van der Waals surface area contributed by atoms with Crippen LogP contribution in [0.5, 0.6) is 5.75 Å². The van der Waals surface area contributed by atoms with Gasteiger partial charge in [0.1, 0.15) is 11.1 Å². The van der Waals surface area contributed by atoms with Crippen molar-refractivity contribution in [2.75, 3.05) is 20.2 Å². The minimum Gasteiger partial charge on any atom is -0.496 e. The van der Waals surface area contributed by atoms with Crippen molar-refractivity contribution in [3.8, 4) is 5.75 Å². The first-order valence-electron chi connectivity index (χ1n) is 7.36. The number of rotatable bonds is 6. The lowest BCUT2D eigenvalue weighted by Crippen LogP contribution is -2.38. The number of nitrogens with zero attached hydrogens (tertiary/aromatic N) is 1. The molecule has 0 aliphatic carbocycles. The van der Waals surface area contributed by atoms with Crippen LogP contribution in [0.15, 0.2) is 24.3 Å². The summed E-state index contributed by atoms with van der Waals surface area (Å²) in [5.74, 6) is 1.06. The summed E-state index contributed by atoms with van der Waals surface area (Å²) >= 11 is 1.69. The van der Waals surface area contributed by atoms with Crippen LogP contribution in [-0.4, -0.2) is 42.3 Å². The Bertz CT molecular complexity index is 493. The van der Waals surface area contributed by atoms with E-state index in [1.165, 1.54) is 0 Å². The van der Waals surface area contributed by atoms with Crippen molar-refractivity contribution in [2.45, 2.75) is 37.4 Å². The summed E-state index contributed by atoms with van der Waals surface area (Å²) in [7, 11) is 1.67. The summed E-state index contributed by atoms with van der Waals surface area (Å²) in [5, 5.41) is 3.41. The minimum atomic E-state index is -0.000961. The van der Waals surface area contributed by atoms with E-state index in [2.05, 4.69) is 19.2 Å². The fourth-order valence-electron chi connectivity index (χ4n) is 2.49. The number of hydrogen-bond acceptors (Lipinski definition) is 4. The van der Waals surface area contributed by atoms with Crippen LogP contribution >= 0.6 is 11.8 Å². The highest BCUT2D eigenvalue weighted by Crippen LogP contribution is 2.45.